The van der Waals surface area contributed by atoms with E-state index in [1.165, 1.54) is 0 Å². The molecule has 1 aliphatic rings. The normalized spacial score (nSPS) is 18.7. The number of amides is 1. The lowest BCUT2D eigenvalue weighted by Gasteiger charge is -2.28. The van der Waals surface area contributed by atoms with Crippen LogP contribution in [0.15, 0.2) is 61.2 Å². The van der Waals surface area contributed by atoms with Crippen molar-refractivity contribution in [2.24, 2.45) is 7.05 Å². The molecule has 2 atom stereocenters. The van der Waals surface area contributed by atoms with Crippen molar-refractivity contribution in [3.8, 4) is 11.3 Å². The van der Waals surface area contributed by atoms with Gasteiger partial charge >= 0.3 is 0 Å². The van der Waals surface area contributed by atoms with Crippen molar-refractivity contribution in [3.05, 3.63) is 77.9 Å². The zero-order chi connectivity index (χ0) is 22.1. The predicted octanol–water partition coefficient (Wildman–Crippen LogP) is 2.21. The lowest BCUT2D eigenvalue weighted by molar-refractivity contribution is -0.0260. The molecule has 0 unspecified atom stereocenters. The number of aliphatic hydroxyl groups is 1. The monoisotopic (exact) mass is 431 g/mol. The third-order valence-corrected chi connectivity index (χ3v) is 5.80. The van der Waals surface area contributed by atoms with Crippen LogP contribution in [0.5, 0.6) is 0 Å². The smallest absolute Gasteiger partial charge is 0.255 e. The number of aromatic nitrogens is 4. The van der Waals surface area contributed by atoms with Crippen molar-refractivity contribution >= 4 is 11.6 Å². The first-order chi connectivity index (χ1) is 15.6. The molecule has 0 saturated carbocycles. The van der Waals surface area contributed by atoms with Crippen LogP contribution in [-0.4, -0.2) is 55.5 Å². The number of benzene rings is 1. The summed E-state index contributed by atoms with van der Waals surface area (Å²) in [7, 11) is 1.90. The van der Waals surface area contributed by atoms with Gasteiger partial charge in [0.1, 0.15) is 5.65 Å². The van der Waals surface area contributed by atoms with Gasteiger partial charge in [0, 0.05) is 44.0 Å². The van der Waals surface area contributed by atoms with E-state index in [0.717, 1.165) is 22.4 Å². The maximum absolute atomic E-state index is 13.1. The zero-order valence-electron chi connectivity index (χ0n) is 17.8. The number of fused-ring (bicyclic) bond motifs is 1. The Morgan fingerprint density at radius 1 is 1.22 bits per heavy atom. The second-order valence-electron chi connectivity index (χ2n) is 8.18. The van der Waals surface area contributed by atoms with Gasteiger partial charge in [0.2, 0.25) is 0 Å². The van der Waals surface area contributed by atoms with Crippen molar-refractivity contribution in [2.75, 3.05) is 13.2 Å². The lowest BCUT2D eigenvalue weighted by atomic mass is 10.0. The molecule has 2 N–H and O–H groups in total. The molecular weight excluding hydrogens is 406 g/mol. The number of ether oxygens (including phenoxy) is 1. The number of carbonyl (C=O) groups is 1. The minimum Gasteiger partial charge on any atom is -0.389 e. The summed E-state index contributed by atoms with van der Waals surface area (Å²) in [5.41, 5.74) is 5.23. The zero-order valence-corrected chi connectivity index (χ0v) is 17.8. The summed E-state index contributed by atoms with van der Waals surface area (Å²) in [6.45, 7) is 0.758. The number of aliphatic hydroxyl groups excluding tert-OH is 1. The van der Waals surface area contributed by atoms with E-state index in [4.69, 9.17) is 4.74 Å². The van der Waals surface area contributed by atoms with Crippen LogP contribution < -0.4 is 5.32 Å². The minimum absolute atomic E-state index is 0.234. The molecule has 0 radical (unpaired) electrons. The van der Waals surface area contributed by atoms with Gasteiger partial charge in [-0.25, -0.2) is 4.98 Å². The molecule has 164 valence electrons. The highest BCUT2D eigenvalue weighted by molar-refractivity contribution is 6.00. The molecule has 1 aromatic carbocycles. The van der Waals surface area contributed by atoms with E-state index in [1.54, 1.807) is 10.9 Å². The Kier molecular flexibility index (Phi) is 5.46. The Bertz CT molecular complexity index is 1240. The minimum atomic E-state index is -0.704. The van der Waals surface area contributed by atoms with Gasteiger partial charge in [0.25, 0.3) is 5.91 Å². The van der Waals surface area contributed by atoms with E-state index in [9.17, 15) is 9.90 Å². The highest BCUT2D eigenvalue weighted by atomic mass is 16.5. The summed E-state index contributed by atoms with van der Waals surface area (Å²) < 4.78 is 8.91. The largest absolute Gasteiger partial charge is 0.389 e. The summed E-state index contributed by atoms with van der Waals surface area (Å²) in [5, 5.41) is 17.5. The molecule has 0 aliphatic carbocycles. The van der Waals surface area contributed by atoms with Crippen molar-refractivity contribution in [1.82, 2.24) is 24.5 Å². The van der Waals surface area contributed by atoms with Crippen molar-refractivity contribution in [1.29, 1.82) is 0 Å². The fraction of sp³-hybridized carbons (Fsp3) is 0.292. The molecule has 1 fully saturated rings. The first-order valence-electron chi connectivity index (χ1n) is 10.7. The van der Waals surface area contributed by atoms with Crippen LogP contribution in [0.3, 0.4) is 0 Å². The maximum atomic E-state index is 13.1. The molecule has 4 heterocycles. The molecule has 0 spiro atoms. The van der Waals surface area contributed by atoms with Gasteiger partial charge in [-0.1, -0.05) is 24.3 Å². The second kappa shape index (κ2) is 8.57. The summed E-state index contributed by atoms with van der Waals surface area (Å²) in [5.74, 6) is -0.237. The summed E-state index contributed by atoms with van der Waals surface area (Å²) in [6.07, 6.45) is 8.00. The van der Waals surface area contributed by atoms with Crippen LogP contribution in [0.4, 0.5) is 0 Å². The van der Waals surface area contributed by atoms with Gasteiger partial charge in [0.05, 0.1) is 30.0 Å². The van der Waals surface area contributed by atoms with Crippen LogP contribution in [0.1, 0.15) is 27.9 Å². The first kappa shape index (κ1) is 20.4. The summed E-state index contributed by atoms with van der Waals surface area (Å²) in [6, 6.07) is 11.8. The topological polar surface area (TPSA) is 93.7 Å². The SMILES string of the molecule is Cn1ccc(-c2ccc(Cc3cc(C(=O)N[C@@H]4CCOC[C@H]4O)c4nccn4c3)cc2)n1. The summed E-state index contributed by atoms with van der Waals surface area (Å²) in [4.78, 5) is 17.4. The lowest BCUT2D eigenvalue weighted by Crippen LogP contribution is -2.48. The molecule has 1 amide bonds. The van der Waals surface area contributed by atoms with E-state index in [1.807, 2.05) is 42.2 Å². The fourth-order valence-electron chi connectivity index (χ4n) is 4.09. The van der Waals surface area contributed by atoms with E-state index in [-0.39, 0.29) is 18.6 Å². The number of nitrogens with zero attached hydrogens (tertiary/aromatic N) is 4. The van der Waals surface area contributed by atoms with Crippen LogP contribution in [-0.2, 0) is 18.2 Å². The number of rotatable bonds is 5. The second-order valence-corrected chi connectivity index (χ2v) is 8.18. The summed E-state index contributed by atoms with van der Waals surface area (Å²) >= 11 is 0. The van der Waals surface area contributed by atoms with Gasteiger partial charge in [0.15, 0.2) is 0 Å². The quantitative estimate of drug-likeness (QED) is 0.505. The molecule has 4 aromatic rings. The van der Waals surface area contributed by atoms with Crippen LogP contribution in [0.25, 0.3) is 16.9 Å². The van der Waals surface area contributed by atoms with Gasteiger partial charge in [-0.3, -0.25) is 9.48 Å². The predicted molar refractivity (Wildman–Crippen MR) is 119 cm³/mol. The highest BCUT2D eigenvalue weighted by Gasteiger charge is 2.26. The molecule has 3 aromatic heterocycles. The number of pyridine rings is 1. The molecule has 1 aliphatic heterocycles. The molecule has 32 heavy (non-hydrogen) atoms. The Morgan fingerprint density at radius 3 is 2.81 bits per heavy atom. The molecular formula is C24H25N5O3. The van der Waals surface area contributed by atoms with Gasteiger partial charge in [-0.2, -0.15) is 5.10 Å². The number of nitrogens with one attached hydrogen (secondary N) is 1. The third-order valence-electron chi connectivity index (χ3n) is 5.80. The number of aryl methyl sites for hydroxylation is 1. The Labute approximate surface area is 185 Å². The van der Waals surface area contributed by atoms with E-state index in [2.05, 4.69) is 39.7 Å². The maximum Gasteiger partial charge on any atom is 0.255 e. The van der Waals surface area contributed by atoms with Crippen molar-refractivity contribution in [3.63, 3.8) is 0 Å². The fourth-order valence-corrected chi connectivity index (χ4v) is 4.09. The molecule has 8 heteroatoms. The van der Waals surface area contributed by atoms with Crippen molar-refractivity contribution < 1.29 is 14.6 Å². The number of hydrogen-bond acceptors (Lipinski definition) is 5. The van der Waals surface area contributed by atoms with E-state index >= 15 is 0 Å². The van der Waals surface area contributed by atoms with E-state index < -0.39 is 6.10 Å². The van der Waals surface area contributed by atoms with Crippen LogP contribution in [0, 0.1) is 0 Å². The Balaban J connectivity index is 1.38. The molecule has 8 nitrogen and oxygen atoms in total. The van der Waals surface area contributed by atoms with Gasteiger partial charge in [-0.05, 0) is 36.1 Å². The van der Waals surface area contributed by atoms with Gasteiger partial charge in [-0.15, -0.1) is 0 Å². The number of carbonyl (C=O) groups excluding carboxylic acids is 1. The van der Waals surface area contributed by atoms with Crippen LogP contribution in [0.2, 0.25) is 0 Å². The van der Waals surface area contributed by atoms with Gasteiger partial charge < -0.3 is 19.6 Å². The number of imidazole rings is 1. The highest BCUT2D eigenvalue weighted by Crippen LogP contribution is 2.21. The molecule has 1 saturated heterocycles. The Hall–Kier alpha value is -3.49. The molecule has 5 rings (SSSR count). The van der Waals surface area contributed by atoms with Crippen molar-refractivity contribution in [2.45, 2.75) is 25.0 Å². The molecule has 0 bridgehead atoms. The van der Waals surface area contributed by atoms with Crippen LogP contribution >= 0.6 is 0 Å². The first-order valence-corrected chi connectivity index (χ1v) is 10.7. The standard InChI is InChI=1S/C24H25N5O3/c1-28-9-6-20(27-28)18-4-2-16(3-5-18)12-17-13-19(23-25-8-10-29(23)14-17)24(31)26-21-7-11-32-15-22(21)30/h2-6,8-10,13-14,21-22,30H,7,11-12,15H2,1H3,(H,26,31)/t21-,22-/m1/s1. The van der Waals surface area contributed by atoms with E-state index in [0.29, 0.717) is 30.7 Å². The average Bonchev–Trinajstić information content (AvgIpc) is 3.44. The third kappa shape index (κ3) is 4.15. The number of hydrogen-bond donors (Lipinski definition) is 2. The Morgan fingerprint density at radius 2 is 2.06 bits per heavy atom. The average molecular weight is 431 g/mol.